The van der Waals surface area contributed by atoms with E-state index in [1.54, 1.807) is 10.7 Å². The summed E-state index contributed by atoms with van der Waals surface area (Å²) in [5, 5.41) is 17.7. The molecule has 5 heteroatoms. The van der Waals surface area contributed by atoms with Crippen LogP contribution in [0.2, 0.25) is 5.02 Å². The van der Waals surface area contributed by atoms with E-state index in [-0.39, 0.29) is 0 Å². The first-order valence-corrected chi connectivity index (χ1v) is 5.31. The lowest BCUT2D eigenvalue weighted by molar-refractivity contribution is 0.201. The van der Waals surface area contributed by atoms with Crippen LogP contribution in [0, 0.1) is 0 Å². The number of anilines is 1. The molecule has 82 valence electrons. The Morgan fingerprint density at radius 2 is 2.25 bits per heavy atom. The van der Waals surface area contributed by atoms with Gasteiger partial charge >= 0.3 is 0 Å². The molecule has 1 aliphatic rings. The maximum absolute atomic E-state index is 9.87. The van der Waals surface area contributed by atoms with Crippen LogP contribution < -0.4 is 5.32 Å². The summed E-state index contributed by atoms with van der Waals surface area (Å²) in [7, 11) is 1.83. The van der Waals surface area contributed by atoms with Gasteiger partial charge in [-0.1, -0.05) is 11.6 Å². The lowest BCUT2D eigenvalue weighted by Crippen LogP contribution is -2.16. The Labute approximate surface area is 97.5 Å². The van der Waals surface area contributed by atoms with Gasteiger partial charge in [0.05, 0.1) is 0 Å². The Hall–Kier alpha value is -1.52. The zero-order valence-electron chi connectivity index (χ0n) is 8.61. The maximum atomic E-state index is 9.87. The predicted octanol–water partition coefficient (Wildman–Crippen LogP) is 2.16. The van der Waals surface area contributed by atoms with Crippen LogP contribution in [0.4, 0.5) is 5.69 Å². The SMILES string of the molecule is Cn1cc2c(n1)C(O)Nc1ccc(Cl)cc1-2. The molecule has 16 heavy (non-hydrogen) atoms. The van der Waals surface area contributed by atoms with Gasteiger partial charge in [-0.25, -0.2) is 0 Å². The fourth-order valence-corrected chi connectivity index (χ4v) is 2.17. The lowest BCUT2D eigenvalue weighted by atomic mass is 10.00. The van der Waals surface area contributed by atoms with E-state index in [0.717, 1.165) is 16.8 Å². The molecule has 2 aromatic rings. The lowest BCUT2D eigenvalue weighted by Gasteiger charge is -2.22. The van der Waals surface area contributed by atoms with Gasteiger partial charge in [-0.2, -0.15) is 5.10 Å². The third-order valence-electron chi connectivity index (χ3n) is 2.68. The van der Waals surface area contributed by atoms with Crippen LogP contribution in [0.5, 0.6) is 0 Å². The van der Waals surface area contributed by atoms with Crippen molar-refractivity contribution in [2.24, 2.45) is 7.05 Å². The van der Waals surface area contributed by atoms with Crippen LogP contribution in [0.3, 0.4) is 0 Å². The summed E-state index contributed by atoms with van der Waals surface area (Å²) in [5.74, 6) is 0. The molecule has 2 heterocycles. The Bertz CT molecular complexity index is 564. The van der Waals surface area contributed by atoms with E-state index in [0.29, 0.717) is 10.7 Å². The number of aliphatic hydroxyl groups excluding tert-OH is 1. The second kappa shape index (κ2) is 3.23. The fraction of sp³-hybridized carbons (Fsp3) is 0.182. The summed E-state index contributed by atoms with van der Waals surface area (Å²) in [5.41, 5.74) is 3.40. The second-order valence-electron chi connectivity index (χ2n) is 3.84. The van der Waals surface area contributed by atoms with Crippen LogP contribution >= 0.6 is 11.6 Å². The quantitative estimate of drug-likeness (QED) is 0.736. The van der Waals surface area contributed by atoms with Crippen molar-refractivity contribution in [1.29, 1.82) is 0 Å². The summed E-state index contributed by atoms with van der Waals surface area (Å²) >= 11 is 5.97. The minimum Gasteiger partial charge on any atom is -0.368 e. The average molecular weight is 236 g/mol. The van der Waals surface area contributed by atoms with Crippen LogP contribution in [0.25, 0.3) is 11.1 Å². The van der Waals surface area contributed by atoms with Gasteiger partial charge in [-0.3, -0.25) is 4.68 Å². The number of nitrogens with zero attached hydrogens (tertiary/aromatic N) is 2. The molecule has 0 fully saturated rings. The molecular formula is C11H10ClN3O. The fourth-order valence-electron chi connectivity index (χ4n) is 2.00. The molecule has 0 saturated carbocycles. The van der Waals surface area contributed by atoms with Gasteiger partial charge in [0, 0.05) is 35.1 Å². The van der Waals surface area contributed by atoms with Crippen LogP contribution in [0.1, 0.15) is 11.9 Å². The van der Waals surface area contributed by atoms with Gasteiger partial charge in [-0.05, 0) is 18.2 Å². The molecule has 1 aliphatic heterocycles. The van der Waals surface area contributed by atoms with Crippen LogP contribution in [-0.2, 0) is 7.05 Å². The van der Waals surface area contributed by atoms with E-state index < -0.39 is 6.23 Å². The molecule has 0 saturated heterocycles. The van der Waals surface area contributed by atoms with E-state index in [2.05, 4.69) is 10.4 Å². The zero-order chi connectivity index (χ0) is 11.3. The van der Waals surface area contributed by atoms with E-state index in [9.17, 15) is 5.11 Å². The molecule has 1 aromatic heterocycles. The highest BCUT2D eigenvalue weighted by Gasteiger charge is 2.25. The summed E-state index contributed by atoms with van der Waals surface area (Å²) in [6, 6.07) is 5.52. The number of benzene rings is 1. The van der Waals surface area contributed by atoms with Gasteiger partial charge in [0.1, 0.15) is 5.69 Å². The normalized spacial score (nSPS) is 17.6. The van der Waals surface area contributed by atoms with Gasteiger partial charge in [-0.15, -0.1) is 0 Å². The molecular weight excluding hydrogens is 226 g/mol. The van der Waals surface area contributed by atoms with Crippen molar-refractivity contribution < 1.29 is 5.11 Å². The van der Waals surface area contributed by atoms with E-state index in [1.165, 1.54) is 0 Å². The molecule has 0 radical (unpaired) electrons. The van der Waals surface area contributed by atoms with Crippen molar-refractivity contribution >= 4 is 17.3 Å². The minimum atomic E-state index is -0.759. The third kappa shape index (κ3) is 1.31. The smallest absolute Gasteiger partial charge is 0.170 e. The number of nitrogens with one attached hydrogen (secondary N) is 1. The molecule has 0 spiro atoms. The Balaban J connectivity index is 2.28. The van der Waals surface area contributed by atoms with E-state index in [1.807, 2.05) is 25.4 Å². The Kier molecular flexibility index (Phi) is 1.96. The van der Waals surface area contributed by atoms with Crippen LogP contribution in [-0.4, -0.2) is 14.9 Å². The number of aryl methyl sites for hydroxylation is 1. The third-order valence-corrected chi connectivity index (χ3v) is 2.92. The number of aromatic nitrogens is 2. The number of hydrogen-bond acceptors (Lipinski definition) is 3. The molecule has 1 aromatic carbocycles. The highest BCUT2D eigenvalue weighted by atomic mass is 35.5. The monoisotopic (exact) mass is 235 g/mol. The summed E-state index contributed by atoms with van der Waals surface area (Å²) in [4.78, 5) is 0. The molecule has 0 aliphatic carbocycles. The number of halogens is 1. The highest BCUT2D eigenvalue weighted by molar-refractivity contribution is 6.31. The van der Waals surface area contributed by atoms with Crippen LogP contribution in [0.15, 0.2) is 24.4 Å². The van der Waals surface area contributed by atoms with Crippen molar-refractivity contribution in [2.75, 3.05) is 5.32 Å². The number of aliphatic hydroxyl groups is 1. The van der Waals surface area contributed by atoms with Crippen molar-refractivity contribution in [2.45, 2.75) is 6.23 Å². The van der Waals surface area contributed by atoms with Gasteiger partial charge in [0.25, 0.3) is 0 Å². The molecule has 2 N–H and O–H groups in total. The van der Waals surface area contributed by atoms with Gasteiger partial charge in [0.15, 0.2) is 6.23 Å². The predicted molar refractivity (Wildman–Crippen MR) is 62.2 cm³/mol. The maximum Gasteiger partial charge on any atom is 0.170 e. The zero-order valence-corrected chi connectivity index (χ0v) is 9.36. The van der Waals surface area contributed by atoms with Crippen molar-refractivity contribution in [3.8, 4) is 11.1 Å². The minimum absolute atomic E-state index is 0.636. The topological polar surface area (TPSA) is 50.1 Å². The highest BCUT2D eigenvalue weighted by Crippen LogP contribution is 2.39. The first-order valence-electron chi connectivity index (χ1n) is 4.93. The molecule has 4 nitrogen and oxygen atoms in total. The van der Waals surface area contributed by atoms with Gasteiger partial charge in [0.2, 0.25) is 0 Å². The second-order valence-corrected chi connectivity index (χ2v) is 4.27. The molecule has 0 amide bonds. The largest absolute Gasteiger partial charge is 0.368 e. The standard InChI is InChI=1S/C11H10ClN3O/c1-15-5-8-7-4-6(12)2-3-9(7)13-11(16)10(8)14-15/h2-5,11,13,16H,1H3. The molecule has 1 atom stereocenters. The first-order chi connectivity index (χ1) is 7.65. The summed E-state index contributed by atoms with van der Waals surface area (Å²) in [6.45, 7) is 0. The molecule has 3 rings (SSSR count). The summed E-state index contributed by atoms with van der Waals surface area (Å²) < 4.78 is 1.69. The van der Waals surface area contributed by atoms with Crippen molar-refractivity contribution in [1.82, 2.24) is 9.78 Å². The summed E-state index contributed by atoms with van der Waals surface area (Å²) in [6.07, 6.45) is 1.12. The number of rotatable bonds is 0. The number of fused-ring (bicyclic) bond motifs is 3. The molecule has 1 unspecified atom stereocenters. The van der Waals surface area contributed by atoms with E-state index in [4.69, 9.17) is 11.6 Å². The average Bonchev–Trinajstić information content (AvgIpc) is 2.62. The van der Waals surface area contributed by atoms with Crippen molar-refractivity contribution in [3.05, 3.63) is 35.1 Å². The number of hydrogen-bond donors (Lipinski definition) is 2. The molecule has 0 bridgehead atoms. The van der Waals surface area contributed by atoms with E-state index >= 15 is 0 Å². The Morgan fingerprint density at radius 1 is 1.44 bits per heavy atom. The first kappa shape index (κ1) is 9.69. The Morgan fingerprint density at radius 3 is 3.06 bits per heavy atom. The van der Waals surface area contributed by atoms with Gasteiger partial charge < -0.3 is 10.4 Å². The van der Waals surface area contributed by atoms with Crippen molar-refractivity contribution in [3.63, 3.8) is 0 Å².